The van der Waals surface area contributed by atoms with E-state index in [9.17, 15) is 0 Å². The number of hydrogen-bond acceptors (Lipinski definition) is 1. The van der Waals surface area contributed by atoms with Gasteiger partial charge in [-0.05, 0) is 39.5 Å². The van der Waals surface area contributed by atoms with Crippen LogP contribution in [0.1, 0.15) is 41.0 Å². The summed E-state index contributed by atoms with van der Waals surface area (Å²) in [5, 5.41) is 0. The van der Waals surface area contributed by atoms with Gasteiger partial charge in [0.05, 0.1) is 0 Å². The van der Waals surface area contributed by atoms with Gasteiger partial charge in [0.2, 0.25) is 0 Å². The second-order valence-corrected chi connectivity index (χ2v) is 3.12. The topological polar surface area (TPSA) is 35.0 Å². The van der Waals surface area contributed by atoms with E-state index in [0.717, 1.165) is 0 Å². The van der Waals surface area contributed by atoms with E-state index in [1.165, 1.54) is 36.8 Å². The van der Waals surface area contributed by atoms with Crippen molar-refractivity contribution in [2.24, 2.45) is 0 Å². The van der Waals surface area contributed by atoms with E-state index in [4.69, 9.17) is 0 Å². The molecule has 0 rings (SSSR count). The molecule has 3 N–H and O–H groups in total. The van der Waals surface area contributed by atoms with Crippen LogP contribution in [-0.4, -0.2) is 0 Å². The van der Waals surface area contributed by atoms with Crippen LogP contribution < -0.4 is 6.15 Å². The van der Waals surface area contributed by atoms with Crippen LogP contribution in [0.5, 0.6) is 0 Å². The summed E-state index contributed by atoms with van der Waals surface area (Å²) in [6, 6.07) is 0. The highest BCUT2D eigenvalue weighted by atomic mass is 14.0. The molecule has 0 saturated carbocycles. The first-order valence-corrected chi connectivity index (χ1v) is 3.91. The highest BCUT2D eigenvalue weighted by molar-refractivity contribution is 4.90. The van der Waals surface area contributed by atoms with Crippen molar-refractivity contribution in [3.05, 3.63) is 24.3 Å². The minimum Gasteiger partial charge on any atom is -0.344 e. The number of unbranched alkanes of at least 4 members (excludes halogenated alkanes) is 1. The van der Waals surface area contributed by atoms with Crippen molar-refractivity contribution < 1.29 is 1.43 Å². The number of allylic oxidation sites excluding steroid dienone is 2. The standard InChI is InChI=1S/C10H18.H3N.H2/c1-9(2)7-5-6-8-10(3)4;;/h1,3,5-8H2,2,4H3;1H3;1H. The molecular formula is C10H23N. The normalized spacial score (nSPS) is 8.55. The predicted octanol–water partition coefficient (Wildman–Crippen LogP) is 4.11. The van der Waals surface area contributed by atoms with Gasteiger partial charge in [0.25, 0.3) is 0 Å². The van der Waals surface area contributed by atoms with Crippen LogP contribution in [0.15, 0.2) is 24.3 Å². The van der Waals surface area contributed by atoms with Gasteiger partial charge >= 0.3 is 0 Å². The largest absolute Gasteiger partial charge is 0.344 e. The van der Waals surface area contributed by atoms with Gasteiger partial charge in [-0.25, -0.2) is 0 Å². The zero-order valence-electron chi connectivity index (χ0n) is 7.95. The summed E-state index contributed by atoms with van der Waals surface area (Å²) >= 11 is 0. The Hall–Kier alpha value is -0.560. The SMILES string of the molecule is C=C(C)CCCCC(=C)C.N.[HH]. The Morgan fingerprint density at radius 1 is 1.00 bits per heavy atom. The van der Waals surface area contributed by atoms with E-state index in [2.05, 4.69) is 27.0 Å². The molecule has 0 fully saturated rings. The van der Waals surface area contributed by atoms with Crippen LogP contribution in [0.2, 0.25) is 0 Å². The maximum absolute atomic E-state index is 3.85. The quantitative estimate of drug-likeness (QED) is 0.473. The molecule has 0 saturated heterocycles. The molecule has 0 atom stereocenters. The maximum Gasteiger partial charge on any atom is 0 e. The lowest BCUT2D eigenvalue weighted by Gasteiger charge is -1.99. The molecule has 1 heteroatoms. The zero-order valence-corrected chi connectivity index (χ0v) is 7.95. The lowest BCUT2D eigenvalue weighted by atomic mass is 10.1. The summed E-state index contributed by atoms with van der Waals surface area (Å²) in [4.78, 5) is 0. The second-order valence-electron chi connectivity index (χ2n) is 3.12. The molecular weight excluding hydrogens is 134 g/mol. The van der Waals surface area contributed by atoms with Gasteiger partial charge in [-0.15, -0.1) is 13.2 Å². The summed E-state index contributed by atoms with van der Waals surface area (Å²) in [5.74, 6) is 0. The van der Waals surface area contributed by atoms with Crippen molar-refractivity contribution in [1.82, 2.24) is 6.15 Å². The average Bonchev–Trinajstić information content (AvgIpc) is 1.79. The first-order valence-electron chi connectivity index (χ1n) is 3.91. The maximum atomic E-state index is 3.85. The zero-order chi connectivity index (χ0) is 7.98. The first kappa shape index (κ1) is 13.1. The molecule has 0 aromatic carbocycles. The van der Waals surface area contributed by atoms with E-state index in [1.54, 1.807) is 0 Å². The van der Waals surface area contributed by atoms with Crippen molar-refractivity contribution in [3.63, 3.8) is 0 Å². The molecule has 1 nitrogen and oxygen atoms in total. The summed E-state index contributed by atoms with van der Waals surface area (Å²) in [5.41, 5.74) is 2.59. The Bertz CT molecular complexity index is 114. The Labute approximate surface area is 72.3 Å². The van der Waals surface area contributed by atoms with Gasteiger partial charge in [-0.2, -0.15) is 0 Å². The fourth-order valence-electron chi connectivity index (χ4n) is 0.854. The van der Waals surface area contributed by atoms with Crippen LogP contribution in [0.4, 0.5) is 0 Å². The molecule has 0 bridgehead atoms. The molecule has 0 spiro atoms. The van der Waals surface area contributed by atoms with Crippen molar-refractivity contribution in [2.45, 2.75) is 39.5 Å². The summed E-state index contributed by atoms with van der Waals surface area (Å²) in [6.45, 7) is 11.9. The number of hydrogen-bond donors (Lipinski definition) is 1. The number of rotatable bonds is 5. The highest BCUT2D eigenvalue weighted by Gasteiger charge is 1.89. The molecule has 11 heavy (non-hydrogen) atoms. The van der Waals surface area contributed by atoms with Crippen molar-refractivity contribution in [2.75, 3.05) is 0 Å². The summed E-state index contributed by atoms with van der Waals surface area (Å²) < 4.78 is 0. The van der Waals surface area contributed by atoms with Crippen molar-refractivity contribution >= 4 is 0 Å². The van der Waals surface area contributed by atoms with Crippen LogP contribution in [0.25, 0.3) is 0 Å². The molecule has 0 radical (unpaired) electrons. The van der Waals surface area contributed by atoms with Gasteiger partial charge in [-0.3, -0.25) is 0 Å². The third kappa shape index (κ3) is 12.6. The van der Waals surface area contributed by atoms with E-state index >= 15 is 0 Å². The molecule has 0 aromatic rings. The lowest BCUT2D eigenvalue weighted by Crippen LogP contribution is -1.79. The Morgan fingerprint density at radius 2 is 1.27 bits per heavy atom. The third-order valence-electron chi connectivity index (χ3n) is 1.46. The average molecular weight is 157 g/mol. The fraction of sp³-hybridized carbons (Fsp3) is 0.600. The molecule has 68 valence electrons. The Balaban J connectivity index is -0.000000405. The monoisotopic (exact) mass is 157 g/mol. The van der Waals surface area contributed by atoms with Gasteiger partial charge in [-0.1, -0.05) is 11.1 Å². The van der Waals surface area contributed by atoms with E-state index in [1.807, 2.05) is 0 Å². The van der Waals surface area contributed by atoms with Crippen LogP contribution in [0.3, 0.4) is 0 Å². The molecule has 0 amide bonds. The minimum absolute atomic E-state index is 0. The third-order valence-corrected chi connectivity index (χ3v) is 1.46. The smallest absolute Gasteiger partial charge is 0 e. The molecule has 0 aliphatic rings. The second kappa shape index (κ2) is 7.55. The van der Waals surface area contributed by atoms with Gasteiger partial charge in [0.1, 0.15) is 0 Å². The van der Waals surface area contributed by atoms with Crippen LogP contribution in [-0.2, 0) is 0 Å². The fourth-order valence-corrected chi connectivity index (χ4v) is 0.854. The molecule has 0 heterocycles. The highest BCUT2D eigenvalue weighted by Crippen LogP contribution is 2.09. The first-order chi connectivity index (χ1) is 4.63. The van der Waals surface area contributed by atoms with E-state index < -0.39 is 0 Å². The molecule has 0 aliphatic carbocycles. The minimum atomic E-state index is 0. The molecule has 0 unspecified atom stereocenters. The van der Waals surface area contributed by atoms with E-state index in [-0.39, 0.29) is 7.58 Å². The molecule has 0 aromatic heterocycles. The molecule has 0 aliphatic heterocycles. The van der Waals surface area contributed by atoms with Crippen molar-refractivity contribution in [3.8, 4) is 0 Å². The summed E-state index contributed by atoms with van der Waals surface area (Å²) in [7, 11) is 0. The van der Waals surface area contributed by atoms with Gasteiger partial charge in [0, 0.05) is 1.43 Å². The lowest BCUT2D eigenvalue weighted by molar-refractivity contribution is 0.727. The van der Waals surface area contributed by atoms with E-state index in [0.29, 0.717) is 0 Å². The predicted molar refractivity (Wildman–Crippen MR) is 55.2 cm³/mol. The Morgan fingerprint density at radius 3 is 1.45 bits per heavy atom. The van der Waals surface area contributed by atoms with Crippen LogP contribution in [0, 0.1) is 0 Å². The Kier molecular flexibility index (Phi) is 8.96. The van der Waals surface area contributed by atoms with Gasteiger partial charge in [0.15, 0.2) is 0 Å². The summed E-state index contributed by atoms with van der Waals surface area (Å²) in [6.07, 6.45) is 4.88. The van der Waals surface area contributed by atoms with Gasteiger partial charge < -0.3 is 6.15 Å². The van der Waals surface area contributed by atoms with Crippen molar-refractivity contribution in [1.29, 1.82) is 0 Å². The van der Waals surface area contributed by atoms with Crippen LogP contribution >= 0.6 is 0 Å².